The fraction of sp³-hybridized carbons (Fsp3) is 0.391. The highest BCUT2D eigenvalue weighted by atomic mass is 127. The van der Waals surface area contributed by atoms with E-state index in [1.807, 2.05) is 50.2 Å². The van der Waals surface area contributed by atoms with Gasteiger partial charge in [0, 0.05) is 26.2 Å². The molecule has 0 bridgehead atoms. The van der Waals surface area contributed by atoms with Crippen LogP contribution in [0.5, 0.6) is 11.5 Å². The average Bonchev–Trinajstić information content (AvgIpc) is 3.29. The highest BCUT2D eigenvalue weighted by molar-refractivity contribution is 14.0. The van der Waals surface area contributed by atoms with Crippen molar-refractivity contribution in [3.8, 4) is 23.1 Å². The van der Waals surface area contributed by atoms with E-state index < -0.39 is 0 Å². The molecule has 10 heteroatoms. The number of aromatic nitrogens is 3. The fourth-order valence-electron chi connectivity index (χ4n) is 3.06. The second kappa shape index (κ2) is 13.6. The second-order valence-corrected chi connectivity index (χ2v) is 6.92. The van der Waals surface area contributed by atoms with Gasteiger partial charge in [0.15, 0.2) is 23.3 Å². The van der Waals surface area contributed by atoms with E-state index in [1.54, 1.807) is 13.2 Å². The lowest BCUT2D eigenvalue weighted by atomic mass is 10.1. The van der Waals surface area contributed by atoms with Crippen molar-refractivity contribution in [1.29, 1.82) is 0 Å². The molecule has 1 unspecified atom stereocenters. The third-order valence-corrected chi connectivity index (χ3v) is 4.64. The Morgan fingerprint density at radius 2 is 1.91 bits per heavy atom. The Labute approximate surface area is 211 Å². The fourth-order valence-corrected chi connectivity index (χ4v) is 3.06. The third kappa shape index (κ3) is 7.58. The topological polar surface area (TPSA) is 107 Å². The first-order valence-electron chi connectivity index (χ1n) is 10.7. The molecule has 9 nitrogen and oxygen atoms in total. The summed E-state index contributed by atoms with van der Waals surface area (Å²) in [6.45, 7) is 7.74. The molecule has 2 N–H and O–H groups in total. The van der Waals surface area contributed by atoms with Gasteiger partial charge in [-0.15, -0.1) is 24.0 Å². The summed E-state index contributed by atoms with van der Waals surface area (Å²) in [5.41, 5.74) is 1.73. The number of halogens is 1. The maximum Gasteiger partial charge on any atom is 0.276 e. The van der Waals surface area contributed by atoms with Crippen LogP contribution in [-0.4, -0.2) is 47.9 Å². The van der Waals surface area contributed by atoms with Crippen LogP contribution in [0.4, 0.5) is 0 Å². The van der Waals surface area contributed by atoms with Crippen LogP contribution in [0.1, 0.15) is 38.2 Å². The molecule has 0 fully saturated rings. The van der Waals surface area contributed by atoms with Crippen molar-refractivity contribution in [2.45, 2.75) is 33.2 Å². The molecule has 1 atom stereocenters. The normalized spacial score (nSPS) is 11.9. The van der Waals surface area contributed by atoms with Crippen LogP contribution in [0.15, 0.2) is 52.1 Å². The number of rotatable bonds is 10. The van der Waals surface area contributed by atoms with Crippen molar-refractivity contribution in [2.24, 2.45) is 4.99 Å². The zero-order valence-electron chi connectivity index (χ0n) is 19.4. The highest BCUT2D eigenvalue weighted by Gasteiger charge is 2.13. The van der Waals surface area contributed by atoms with Gasteiger partial charge in [-0.05, 0) is 50.6 Å². The molecule has 0 amide bonds. The summed E-state index contributed by atoms with van der Waals surface area (Å²) in [7, 11) is 1.74. The minimum Gasteiger partial charge on any atom is -0.490 e. The van der Waals surface area contributed by atoms with Gasteiger partial charge in [-0.1, -0.05) is 17.3 Å². The summed E-state index contributed by atoms with van der Waals surface area (Å²) >= 11 is 0. The number of hydrogen-bond donors (Lipinski definition) is 2. The standard InChI is InChI=1S/C23H30N6O3.HI/c1-5-30-19-11-10-17(15-20(19)31-6-2)16(3)27-23(24-4)26-14-12-21-28-22(32-29-21)18-9-7-8-13-25-18;/h7-11,13,15-16H,5-6,12,14H2,1-4H3,(H2,24,26,27);1H. The molecule has 0 aliphatic heterocycles. The second-order valence-electron chi connectivity index (χ2n) is 6.92. The number of nitrogens with zero attached hydrogens (tertiary/aromatic N) is 4. The average molecular weight is 566 g/mol. The Morgan fingerprint density at radius 1 is 1.12 bits per heavy atom. The van der Waals surface area contributed by atoms with E-state index >= 15 is 0 Å². The molecule has 0 radical (unpaired) electrons. The Kier molecular flexibility index (Phi) is 10.9. The van der Waals surface area contributed by atoms with Crippen LogP contribution < -0.4 is 20.1 Å². The summed E-state index contributed by atoms with van der Waals surface area (Å²) < 4.78 is 16.7. The third-order valence-electron chi connectivity index (χ3n) is 4.64. The molecule has 0 saturated carbocycles. The van der Waals surface area contributed by atoms with Crippen LogP contribution in [-0.2, 0) is 6.42 Å². The van der Waals surface area contributed by atoms with E-state index in [4.69, 9.17) is 14.0 Å². The van der Waals surface area contributed by atoms with Gasteiger partial charge in [0.25, 0.3) is 5.89 Å². The van der Waals surface area contributed by atoms with Crippen molar-refractivity contribution >= 4 is 29.9 Å². The molecule has 3 rings (SSSR count). The predicted octanol–water partition coefficient (Wildman–Crippen LogP) is 4.02. The summed E-state index contributed by atoms with van der Waals surface area (Å²) in [5.74, 6) is 3.19. The number of aliphatic imine (C=N–C) groups is 1. The summed E-state index contributed by atoms with van der Waals surface area (Å²) in [4.78, 5) is 12.9. The summed E-state index contributed by atoms with van der Waals surface area (Å²) in [6.07, 6.45) is 2.28. The first kappa shape index (κ1) is 26.4. The largest absolute Gasteiger partial charge is 0.490 e. The van der Waals surface area contributed by atoms with E-state index in [1.165, 1.54) is 0 Å². The minimum atomic E-state index is 0. The van der Waals surface area contributed by atoms with E-state index in [0.717, 1.165) is 17.1 Å². The number of benzene rings is 1. The number of ether oxygens (including phenoxy) is 2. The molecule has 2 aromatic heterocycles. The molecule has 0 aliphatic carbocycles. The molecular formula is C23H31IN6O3. The molecule has 3 aromatic rings. The van der Waals surface area contributed by atoms with Gasteiger partial charge in [0.05, 0.1) is 19.3 Å². The van der Waals surface area contributed by atoms with Gasteiger partial charge in [-0.3, -0.25) is 9.98 Å². The first-order valence-corrected chi connectivity index (χ1v) is 10.7. The van der Waals surface area contributed by atoms with Crippen molar-refractivity contribution in [1.82, 2.24) is 25.8 Å². The van der Waals surface area contributed by atoms with Crippen LogP contribution in [0.3, 0.4) is 0 Å². The summed E-state index contributed by atoms with van der Waals surface area (Å²) in [5, 5.41) is 10.7. The van der Waals surface area contributed by atoms with Crippen molar-refractivity contribution < 1.29 is 14.0 Å². The van der Waals surface area contributed by atoms with E-state index in [-0.39, 0.29) is 30.0 Å². The van der Waals surface area contributed by atoms with Gasteiger partial charge in [-0.2, -0.15) is 4.98 Å². The van der Waals surface area contributed by atoms with Crippen LogP contribution in [0.25, 0.3) is 11.6 Å². The van der Waals surface area contributed by atoms with Crippen LogP contribution in [0, 0.1) is 0 Å². The van der Waals surface area contributed by atoms with Crippen LogP contribution in [0.2, 0.25) is 0 Å². The maximum atomic E-state index is 5.73. The Morgan fingerprint density at radius 3 is 2.61 bits per heavy atom. The molecular weight excluding hydrogens is 535 g/mol. The van der Waals surface area contributed by atoms with Crippen LogP contribution >= 0.6 is 24.0 Å². The lowest BCUT2D eigenvalue weighted by Gasteiger charge is -2.20. The monoisotopic (exact) mass is 566 g/mol. The zero-order chi connectivity index (χ0) is 22.8. The SMILES string of the molecule is CCOc1ccc(C(C)NC(=NC)NCCc2noc(-c3ccccn3)n2)cc1OCC.I. The van der Waals surface area contributed by atoms with E-state index in [9.17, 15) is 0 Å². The van der Waals surface area contributed by atoms with Gasteiger partial charge >= 0.3 is 0 Å². The quantitative estimate of drug-likeness (QED) is 0.216. The predicted molar refractivity (Wildman–Crippen MR) is 138 cm³/mol. The lowest BCUT2D eigenvalue weighted by molar-refractivity contribution is 0.287. The number of guanidine groups is 1. The maximum absolute atomic E-state index is 5.73. The number of hydrogen-bond acceptors (Lipinski definition) is 7. The molecule has 178 valence electrons. The molecule has 1 aromatic carbocycles. The molecule has 2 heterocycles. The number of nitrogens with one attached hydrogen (secondary N) is 2. The van der Waals surface area contributed by atoms with E-state index in [2.05, 4.69) is 37.7 Å². The zero-order valence-corrected chi connectivity index (χ0v) is 21.7. The molecule has 0 aliphatic rings. The van der Waals surface area contributed by atoms with Gasteiger partial charge in [-0.25, -0.2) is 0 Å². The molecule has 33 heavy (non-hydrogen) atoms. The Hall–Kier alpha value is -2.89. The van der Waals surface area contributed by atoms with E-state index in [0.29, 0.717) is 49.5 Å². The number of pyridine rings is 1. The Bertz CT molecular complexity index is 1010. The lowest BCUT2D eigenvalue weighted by Crippen LogP contribution is -2.39. The minimum absolute atomic E-state index is 0. The van der Waals surface area contributed by atoms with Crippen molar-refractivity contribution in [3.05, 3.63) is 54.0 Å². The smallest absolute Gasteiger partial charge is 0.276 e. The van der Waals surface area contributed by atoms with Gasteiger partial charge < -0.3 is 24.6 Å². The molecule has 0 spiro atoms. The van der Waals surface area contributed by atoms with Gasteiger partial charge in [0.1, 0.15) is 5.69 Å². The Balaban J connectivity index is 0.00000385. The first-order chi connectivity index (χ1) is 15.6. The summed E-state index contributed by atoms with van der Waals surface area (Å²) in [6, 6.07) is 11.5. The van der Waals surface area contributed by atoms with Crippen molar-refractivity contribution in [2.75, 3.05) is 26.8 Å². The highest BCUT2D eigenvalue weighted by Crippen LogP contribution is 2.30. The molecule has 0 saturated heterocycles. The van der Waals surface area contributed by atoms with Crippen molar-refractivity contribution in [3.63, 3.8) is 0 Å². The van der Waals surface area contributed by atoms with Gasteiger partial charge in [0.2, 0.25) is 0 Å².